The van der Waals surface area contributed by atoms with Crippen LogP contribution in [0.5, 0.6) is 11.6 Å². The Morgan fingerprint density at radius 3 is 2.62 bits per heavy atom. The molecule has 1 unspecified atom stereocenters. The zero-order valence-corrected chi connectivity index (χ0v) is 19.5. The Balaban J connectivity index is 1.69. The van der Waals surface area contributed by atoms with E-state index in [4.69, 9.17) is 9.84 Å². The Bertz CT molecular complexity index is 1010. The van der Waals surface area contributed by atoms with E-state index in [0.717, 1.165) is 59.3 Å². The van der Waals surface area contributed by atoms with Gasteiger partial charge < -0.3 is 9.84 Å². The smallest absolute Gasteiger partial charge is 0.222 e. The van der Waals surface area contributed by atoms with Crippen LogP contribution in [0.4, 0.5) is 0 Å². The Kier molecular flexibility index (Phi) is 7.28. The Labute approximate surface area is 191 Å². The maximum atomic E-state index is 10.6. The average Bonchev–Trinajstić information content (AvgIpc) is 3.54. The van der Waals surface area contributed by atoms with Crippen LogP contribution in [-0.4, -0.2) is 39.0 Å². The predicted octanol–water partition coefficient (Wildman–Crippen LogP) is 5.56. The Morgan fingerprint density at radius 2 is 1.94 bits per heavy atom. The van der Waals surface area contributed by atoms with Crippen LogP contribution in [0.1, 0.15) is 43.7 Å². The number of ether oxygens (including phenoxy) is 1. The van der Waals surface area contributed by atoms with Gasteiger partial charge in [0.25, 0.3) is 0 Å². The molecule has 2 aromatic carbocycles. The molecule has 5 heteroatoms. The minimum Gasteiger partial charge on any atom is -0.439 e. The van der Waals surface area contributed by atoms with E-state index in [1.54, 1.807) is 0 Å². The SMILES string of the molecule is CCCC(O)CN(Cc1c(-c2ccccc2)nn(C)c1Oc1cccc(C)c1)CC1CC1. The van der Waals surface area contributed by atoms with Crippen LogP contribution in [0.15, 0.2) is 54.6 Å². The van der Waals surface area contributed by atoms with E-state index >= 15 is 0 Å². The number of benzene rings is 2. The van der Waals surface area contributed by atoms with Gasteiger partial charge in [0, 0.05) is 32.2 Å². The number of rotatable bonds is 11. The lowest BCUT2D eigenvalue weighted by Gasteiger charge is -2.25. The summed E-state index contributed by atoms with van der Waals surface area (Å²) < 4.78 is 8.25. The van der Waals surface area contributed by atoms with Crippen molar-refractivity contribution in [3.63, 3.8) is 0 Å². The summed E-state index contributed by atoms with van der Waals surface area (Å²) in [6.07, 6.45) is 4.07. The fourth-order valence-electron chi connectivity index (χ4n) is 4.26. The number of aliphatic hydroxyl groups is 1. The molecule has 4 rings (SSSR count). The van der Waals surface area contributed by atoms with E-state index in [2.05, 4.69) is 36.9 Å². The van der Waals surface area contributed by atoms with Crippen molar-refractivity contribution in [3.05, 3.63) is 65.7 Å². The van der Waals surface area contributed by atoms with Crippen molar-refractivity contribution in [1.29, 1.82) is 0 Å². The van der Waals surface area contributed by atoms with E-state index in [9.17, 15) is 5.11 Å². The van der Waals surface area contributed by atoms with Gasteiger partial charge in [-0.2, -0.15) is 5.10 Å². The van der Waals surface area contributed by atoms with Gasteiger partial charge in [0.2, 0.25) is 5.88 Å². The van der Waals surface area contributed by atoms with E-state index in [-0.39, 0.29) is 6.10 Å². The highest BCUT2D eigenvalue weighted by atomic mass is 16.5. The summed E-state index contributed by atoms with van der Waals surface area (Å²) in [7, 11) is 1.94. The second kappa shape index (κ2) is 10.3. The first-order valence-corrected chi connectivity index (χ1v) is 11.8. The van der Waals surface area contributed by atoms with Crippen LogP contribution in [0.2, 0.25) is 0 Å². The van der Waals surface area contributed by atoms with Gasteiger partial charge >= 0.3 is 0 Å². The zero-order valence-electron chi connectivity index (χ0n) is 19.5. The zero-order chi connectivity index (χ0) is 22.5. The van der Waals surface area contributed by atoms with Crippen molar-refractivity contribution < 1.29 is 9.84 Å². The van der Waals surface area contributed by atoms with Gasteiger partial charge in [-0.3, -0.25) is 4.90 Å². The molecule has 170 valence electrons. The summed E-state index contributed by atoms with van der Waals surface area (Å²) in [6, 6.07) is 18.4. The number of aliphatic hydroxyl groups excluding tert-OH is 1. The Morgan fingerprint density at radius 1 is 1.16 bits per heavy atom. The first kappa shape index (κ1) is 22.6. The number of hydrogen-bond acceptors (Lipinski definition) is 4. The molecule has 0 spiro atoms. The monoisotopic (exact) mass is 433 g/mol. The van der Waals surface area contributed by atoms with Gasteiger partial charge in [0.1, 0.15) is 11.4 Å². The van der Waals surface area contributed by atoms with E-state index in [0.29, 0.717) is 13.1 Å². The number of aryl methyl sites for hydroxylation is 2. The van der Waals surface area contributed by atoms with Crippen molar-refractivity contribution >= 4 is 0 Å². The molecule has 1 fully saturated rings. The third-order valence-corrected chi connectivity index (χ3v) is 6.03. The maximum Gasteiger partial charge on any atom is 0.222 e. The van der Waals surface area contributed by atoms with Crippen LogP contribution >= 0.6 is 0 Å². The van der Waals surface area contributed by atoms with Crippen LogP contribution in [0.25, 0.3) is 11.3 Å². The molecule has 0 aliphatic heterocycles. The number of hydrogen-bond donors (Lipinski definition) is 1. The maximum absolute atomic E-state index is 10.6. The van der Waals surface area contributed by atoms with Gasteiger partial charge in [-0.1, -0.05) is 55.8 Å². The summed E-state index contributed by atoms with van der Waals surface area (Å²) in [4.78, 5) is 2.39. The molecule has 0 radical (unpaired) electrons. The molecule has 1 saturated carbocycles. The molecule has 1 aliphatic rings. The lowest BCUT2D eigenvalue weighted by Crippen LogP contribution is -2.33. The highest BCUT2D eigenvalue weighted by molar-refractivity contribution is 5.65. The third-order valence-electron chi connectivity index (χ3n) is 6.03. The van der Waals surface area contributed by atoms with Crippen LogP contribution in [-0.2, 0) is 13.6 Å². The molecule has 3 aromatic rings. The second-order valence-corrected chi connectivity index (χ2v) is 9.12. The van der Waals surface area contributed by atoms with E-state index in [1.165, 1.54) is 12.8 Å². The van der Waals surface area contributed by atoms with Crippen molar-refractivity contribution in [1.82, 2.24) is 14.7 Å². The van der Waals surface area contributed by atoms with Gasteiger partial charge in [-0.25, -0.2) is 4.68 Å². The summed E-state index contributed by atoms with van der Waals surface area (Å²) in [5.41, 5.74) is 4.26. The molecular formula is C27H35N3O2. The Hall–Kier alpha value is -2.63. The summed E-state index contributed by atoms with van der Waals surface area (Å²) in [5.74, 6) is 2.32. The first-order chi connectivity index (χ1) is 15.5. The number of nitrogens with zero attached hydrogens (tertiary/aromatic N) is 3. The minimum absolute atomic E-state index is 0.309. The van der Waals surface area contributed by atoms with Crippen LogP contribution < -0.4 is 4.74 Å². The normalized spacial score (nSPS) is 14.7. The topological polar surface area (TPSA) is 50.5 Å². The predicted molar refractivity (Wildman–Crippen MR) is 129 cm³/mol. The molecule has 1 aliphatic carbocycles. The molecule has 0 bridgehead atoms. The summed E-state index contributed by atoms with van der Waals surface area (Å²) >= 11 is 0. The number of aromatic nitrogens is 2. The minimum atomic E-state index is -0.309. The van der Waals surface area contributed by atoms with Gasteiger partial charge in [0.05, 0.1) is 11.7 Å². The van der Waals surface area contributed by atoms with E-state index in [1.807, 2.05) is 48.1 Å². The highest BCUT2D eigenvalue weighted by Gasteiger charge is 2.28. The van der Waals surface area contributed by atoms with Crippen LogP contribution in [0, 0.1) is 12.8 Å². The molecule has 1 N–H and O–H groups in total. The van der Waals surface area contributed by atoms with Gasteiger partial charge in [-0.05, 0) is 49.8 Å². The second-order valence-electron chi connectivity index (χ2n) is 9.12. The van der Waals surface area contributed by atoms with Gasteiger partial charge in [-0.15, -0.1) is 0 Å². The van der Waals surface area contributed by atoms with Crippen molar-refractivity contribution in [2.24, 2.45) is 13.0 Å². The van der Waals surface area contributed by atoms with Crippen molar-refractivity contribution in [3.8, 4) is 22.9 Å². The molecular weight excluding hydrogens is 398 g/mol. The van der Waals surface area contributed by atoms with Crippen molar-refractivity contribution in [2.75, 3.05) is 13.1 Å². The van der Waals surface area contributed by atoms with E-state index < -0.39 is 0 Å². The highest BCUT2D eigenvalue weighted by Crippen LogP contribution is 2.36. The fraction of sp³-hybridized carbons (Fsp3) is 0.444. The molecule has 1 atom stereocenters. The summed E-state index contributed by atoms with van der Waals surface area (Å²) in [5, 5.41) is 15.4. The summed E-state index contributed by atoms with van der Waals surface area (Å²) in [6.45, 7) is 6.58. The molecule has 0 amide bonds. The quantitative estimate of drug-likeness (QED) is 0.430. The standard InChI is InChI=1S/C27H35N3O2/c1-4-9-23(31)18-30(17-21-14-15-21)19-25-26(22-11-6-5-7-12-22)28-29(3)27(25)32-24-13-8-10-20(2)16-24/h5-8,10-13,16,21,23,31H,4,9,14-15,17-19H2,1-3H3. The molecule has 32 heavy (non-hydrogen) atoms. The fourth-order valence-corrected chi connectivity index (χ4v) is 4.26. The van der Waals surface area contributed by atoms with Crippen molar-refractivity contribution in [2.45, 2.75) is 52.2 Å². The molecule has 0 saturated heterocycles. The average molecular weight is 434 g/mol. The van der Waals surface area contributed by atoms with Crippen LogP contribution in [0.3, 0.4) is 0 Å². The largest absolute Gasteiger partial charge is 0.439 e. The lowest BCUT2D eigenvalue weighted by molar-refractivity contribution is 0.0979. The van der Waals surface area contributed by atoms with Gasteiger partial charge in [0.15, 0.2) is 0 Å². The lowest BCUT2D eigenvalue weighted by atomic mass is 10.1. The first-order valence-electron chi connectivity index (χ1n) is 11.8. The molecule has 1 heterocycles. The third kappa shape index (κ3) is 5.78. The molecule has 5 nitrogen and oxygen atoms in total. The molecule has 1 aromatic heterocycles.